The summed E-state index contributed by atoms with van der Waals surface area (Å²) < 4.78 is 58.0. The lowest BCUT2D eigenvalue weighted by molar-refractivity contribution is 0.559. The van der Waals surface area contributed by atoms with E-state index in [1.54, 1.807) is 36.4 Å². The van der Waals surface area contributed by atoms with Crippen molar-refractivity contribution in [3.63, 3.8) is 0 Å². The molecule has 0 spiro atoms. The molecule has 0 atom stereocenters. The van der Waals surface area contributed by atoms with Crippen molar-refractivity contribution in [3.05, 3.63) is 60.7 Å². The minimum atomic E-state index is -5.07. The molecule has 2 rings (SSSR count). The fraction of sp³-hybridized carbons (Fsp3) is 0.143. The first-order valence-corrected chi connectivity index (χ1v) is 11.1. The van der Waals surface area contributed by atoms with Crippen LogP contribution in [0.1, 0.15) is 0 Å². The van der Waals surface area contributed by atoms with Gasteiger partial charge in [-0.25, -0.2) is 16.4 Å². The van der Waals surface area contributed by atoms with Crippen molar-refractivity contribution < 1.29 is 16.4 Å². The number of hydrazine groups is 1. The van der Waals surface area contributed by atoms with Crippen molar-refractivity contribution in [2.75, 3.05) is 9.35 Å². The van der Waals surface area contributed by atoms with Gasteiger partial charge in [0.05, 0.1) is 11.4 Å². The second-order valence-corrected chi connectivity index (χ2v) is 9.19. The molecule has 0 aromatic heterocycles. The Morgan fingerprint density at radius 3 is 1.09 bits per heavy atom. The van der Waals surface area contributed by atoms with Crippen LogP contribution in [0.2, 0.25) is 13.1 Å². The van der Waals surface area contributed by atoms with E-state index < -0.39 is 17.8 Å². The molecule has 8 heteroatoms. The van der Waals surface area contributed by atoms with E-state index in [4.69, 9.17) is 0 Å². The van der Waals surface area contributed by atoms with Crippen molar-refractivity contribution >= 4 is 29.2 Å². The summed E-state index contributed by atoms with van der Waals surface area (Å²) in [5, 5.41) is 0. The summed E-state index contributed by atoms with van der Waals surface area (Å²) in [5.41, 5.74) is 0.138. The third-order valence-electron chi connectivity index (χ3n) is 2.95. The van der Waals surface area contributed by atoms with Gasteiger partial charge in [0.1, 0.15) is 0 Å². The summed E-state index contributed by atoms with van der Waals surface area (Å²) in [4.78, 5) is 0. The quantitative estimate of drug-likeness (QED) is 0.328. The van der Waals surface area contributed by atoms with Gasteiger partial charge in [-0.1, -0.05) is 36.4 Å². The molecule has 2 aromatic rings. The molecule has 0 amide bonds. The molecule has 0 N–H and O–H groups in total. The minimum Gasteiger partial charge on any atom is -0.261 e. The SMILES string of the molecule is C[Si](F)(F)N(c1ccccc1)N(c1ccccc1)[Si](C)(F)F. The number of hydrogen-bond acceptors (Lipinski definition) is 2. The Balaban J connectivity index is 2.60. The van der Waals surface area contributed by atoms with Crippen LogP contribution >= 0.6 is 0 Å². The summed E-state index contributed by atoms with van der Waals surface area (Å²) in [6.07, 6.45) is 0. The smallest absolute Gasteiger partial charge is 0.261 e. The average molecular weight is 344 g/mol. The first-order chi connectivity index (χ1) is 10.2. The van der Waals surface area contributed by atoms with E-state index in [1.165, 1.54) is 24.3 Å². The molecule has 0 heterocycles. The zero-order valence-corrected chi connectivity index (χ0v) is 14.2. The molecule has 2 aromatic carbocycles. The topological polar surface area (TPSA) is 6.48 Å². The molecular formula is C14H16F4N2Si2. The fourth-order valence-electron chi connectivity index (χ4n) is 2.17. The highest BCUT2D eigenvalue weighted by Gasteiger charge is 2.51. The second-order valence-electron chi connectivity index (χ2n) is 4.98. The highest BCUT2D eigenvalue weighted by molar-refractivity contribution is 6.76. The molecule has 0 saturated carbocycles. The van der Waals surface area contributed by atoms with E-state index in [2.05, 4.69) is 0 Å². The maximum Gasteiger partial charge on any atom is 0.551 e. The largest absolute Gasteiger partial charge is 0.551 e. The number of benzene rings is 2. The molecule has 0 fully saturated rings. The van der Waals surface area contributed by atoms with E-state index in [1.807, 2.05) is 0 Å². The van der Waals surface area contributed by atoms with Gasteiger partial charge < -0.3 is 0 Å². The van der Waals surface area contributed by atoms with E-state index in [9.17, 15) is 16.4 Å². The minimum absolute atomic E-state index is 0.0690. The van der Waals surface area contributed by atoms with Gasteiger partial charge in [-0.2, -0.15) is 0 Å². The highest BCUT2D eigenvalue weighted by Crippen LogP contribution is 2.34. The number of hydrogen-bond donors (Lipinski definition) is 0. The van der Waals surface area contributed by atoms with Crippen molar-refractivity contribution in [1.82, 2.24) is 0 Å². The average Bonchev–Trinajstić information content (AvgIpc) is 2.44. The van der Waals surface area contributed by atoms with Crippen molar-refractivity contribution in [2.24, 2.45) is 0 Å². The monoisotopic (exact) mass is 344 g/mol. The number of nitrogens with zero attached hydrogens (tertiary/aromatic N) is 2. The van der Waals surface area contributed by atoms with Gasteiger partial charge >= 0.3 is 17.8 Å². The van der Waals surface area contributed by atoms with E-state index in [0.717, 1.165) is 13.1 Å². The standard InChI is InChI=1S/C14H16F4N2Si2/c1-21(15,16)19(13-9-5-3-6-10-13)20(22(2,17)18)14-11-7-4-8-12-14/h3-12H,1-2H3. The fourth-order valence-corrected chi connectivity index (χ4v) is 5.37. The van der Waals surface area contributed by atoms with Gasteiger partial charge in [0, 0.05) is 13.1 Å². The molecule has 0 aliphatic rings. The van der Waals surface area contributed by atoms with Crippen LogP contribution in [0, 0.1) is 0 Å². The maximum atomic E-state index is 14.3. The van der Waals surface area contributed by atoms with Crippen molar-refractivity contribution in [3.8, 4) is 0 Å². The molecule has 2 nitrogen and oxygen atoms in total. The number of rotatable bonds is 5. The lowest BCUT2D eigenvalue weighted by Gasteiger charge is -2.42. The van der Waals surface area contributed by atoms with Gasteiger partial charge in [0.2, 0.25) is 0 Å². The third-order valence-corrected chi connectivity index (χ3v) is 5.55. The zero-order chi connectivity index (χ0) is 16.4. The molecular weight excluding hydrogens is 328 g/mol. The maximum absolute atomic E-state index is 14.3. The first kappa shape index (κ1) is 16.6. The van der Waals surface area contributed by atoms with Gasteiger partial charge in [-0.05, 0) is 24.3 Å². The van der Waals surface area contributed by atoms with Gasteiger partial charge in [0.25, 0.3) is 0 Å². The Morgan fingerprint density at radius 2 is 0.864 bits per heavy atom. The summed E-state index contributed by atoms with van der Waals surface area (Å²) in [7, 11) is -10.1. The number of halogens is 4. The molecule has 22 heavy (non-hydrogen) atoms. The van der Waals surface area contributed by atoms with Crippen LogP contribution in [0.4, 0.5) is 27.8 Å². The summed E-state index contributed by atoms with van der Waals surface area (Å²) >= 11 is 0. The van der Waals surface area contributed by atoms with Crippen LogP contribution in [0.25, 0.3) is 0 Å². The second kappa shape index (κ2) is 6.13. The number of anilines is 2. The van der Waals surface area contributed by atoms with Crippen LogP contribution in [-0.2, 0) is 0 Å². The Hall–Kier alpha value is -1.81. The van der Waals surface area contributed by atoms with Crippen LogP contribution < -0.4 is 9.35 Å². The van der Waals surface area contributed by atoms with Crippen LogP contribution in [0.15, 0.2) is 60.7 Å². The van der Waals surface area contributed by atoms with Crippen molar-refractivity contribution in [2.45, 2.75) is 13.1 Å². The molecule has 0 unspecified atom stereocenters. The lowest BCUT2D eigenvalue weighted by atomic mass is 10.3. The third kappa shape index (κ3) is 3.69. The molecule has 0 saturated heterocycles. The molecule has 0 aliphatic heterocycles. The summed E-state index contributed by atoms with van der Waals surface area (Å²) in [5.74, 6) is 0. The van der Waals surface area contributed by atoms with E-state index >= 15 is 0 Å². The molecule has 0 aliphatic carbocycles. The number of para-hydroxylation sites is 2. The molecule has 0 bridgehead atoms. The van der Waals surface area contributed by atoms with Crippen LogP contribution in [-0.4, -0.2) is 17.8 Å². The summed E-state index contributed by atoms with van der Waals surface area (Å²) in [6, 6.07) is 15.2. The van der Waals surface area contributed by atoms with Gasteiger partial charge in [-0.15, -0.1) is 0 Å². The Kier molecular flexibility index (Phi) is 4.61. The zero-order valence-electron chi connectivity index (χ0n) is 12.2. The Morgan fingerprint density at radius 1 is 0.591 bits per heavy atom. The predicted octanol–water partition coefficient (Wildman–Crippen LogP) is 4.93. The summed E-state index contributed by atoms with van der Waals surface area (Å²) in [6.45, 7) is 1.49. The lowest BCUT2D eigenvalue weighted by Crippen LogP contribution is -2.63. The van der Waals surface area contributed by atoms with Crippen LogP contribution in [0.3, 0.4) is 0 Å². The van der Waals surface area contributed by atoms with Gasteiger partial charge in [-0.3, -0.25) is 9.35 Å². The van der Waals surface area contributed by atoms with Gasteiger partial charge in [0.15, 0.2) is 0 Å². The highest BCUT2D eigenvalue weighted by atomic mass is 28.4. The Labute approximate surface area is 129 Å². The Bertz CT molecular complexity index is 544. The molecule has 118 valence electrons. The van der Waals surface area contributed by atoms with E-state index in [-0.39, 0.29) is 11.4 Å². The van der Waals surface area contributed by atoms with E-state index in [0.29, 0.717) is 9.35 Å². The van der Waals surface area contributed by atoms with Crippen LogP contribution in [0.5, 0.6) is 0 Å². The first-order valence-electron chi connectivity index (χ1n) is 6.67. The normalized spacial score (nSPS) is 12.1. The predicted molar refractivity (Wildman–Crippen MR) is 85.5 cm³/mol. The van der Waals surface area contributed by atoms with Crippen molar-refractivity contribution in [1.29, 1.82) is 0 Å². The molecule has 0 radical (unpaired) electrons.